The zero-order valence-corrected chi connectivity index (χ0v) is 24.5. The van der Waals surface area contributed by atoms with Crippen LogP contribution >= 0.6 is 0 Å². The van der Waals surface area contributed by atoms with Crippen LogP contribution in [0.15, 0.2) is 47.3 Å². The van der Waals surface area contributed by atoms with Crippen LogP contribution in [0.1, 0.15) is 76.7 Å². The minimum atomic E-state index is -0.938. The first kappa shape index (κ1) is 28.7. The minimum absolute atomic E-state index is 0.0272. The summed E-state index contributed by atoms with van der Waals surface area (Å²) in [5.74, 6) is 1.46. The van der Waals surface area contributed by atoms with Gasteiger partial charge in [0.15, 0.2) is 11.6 Å². The number of hydrogen-bond donors (Lipinski definition) is 4. The maximum atomic E-state index is 15.3. The van der Waals surface area contributed by atoms with Crippen LogP contribution in [-0.4, -0.2) is 55.5 Å². The van der Waals surface area contributed by atoms with Gasteiger partial charge < -0.3 is 30.0 Å². The number of benzene rings is 1. The molecule has 4 N–H and O–H groups in total. The lowest BCUT2D eigenvalue weighted by molar-refractivity contribution is -0.122. The molecule has 2 aliphatic heterocycles. The molecule has 2 heterocycles. The fraction of sp³-hybridized carbons (Fsp3) is 0.636. The first-order valence-electron chi connectivity index (χ1n) is 15.6. The fourth-order valence-corrected chi connectivity index (χ4v) is 7.22. The van der Waals surface area contributed by atoms with Crippen LogP contribution in [0.4, 0.5) is 10.1 Å². The quantitative estimate of drug-likeness (QED) is 0.250. The zero-order chi connectivity index (χ0) is 28.4. The van der Waals surface area contributed by atoms with E-state index < -0.39 is 6.41 Å². The topological polar surface area (TPSA) is 84.0 Å². The molecular formula is C33H46FN3O4. The molecule has 4 unspecified atom stereocenters. The van der Waals surface area contributed by atoms with Crippen molar-refractivity contribution in [3.8, 4) is 5.75 Å². The van der Waals surface area contributed by atoms with Gasteiger partial charge in [-0.2, -0.15) is 0 Å². The van der Waals surface area contributed by atoms with E-state index in [1.165, 1.54) is 11.1 Å². The van der Waals surface area contributed by atoms with E-state index in [0.29, 0.717) is 24.8 Å². The van der Waals surface area contributed by atoms with E-state index in [1.807, 2.05) is 6.07 Å². The van der Waals surface area contributed by atoms with E-state index in [2.05, 4.69) is 41.1 Å². The number of aliphatic hydroxyl groups is 1. The van der Waals surface area contributed by atoms with Gasteiger partial charge in [0.05, 0.1) is 19.5 Å². The molecule has 0 amide bonds. The van der Waals surface area contributed by atoms with Crippen molar-refractivity contribution in [1.29, 1.82) is 0 Å². The molecule has 1 aromatic rings. The number of allylic oxidation sites excluding steroid dienone is 4. The Balaban J connectivity index is 1.02. The van der Waals surface area contributed by atoms with Crippen LogP contribution in [0.3, 0.4) is 0 Å². The highest BCUT2D eigenvalue weighted by molar-refractivity contribution is 5.59. The first-order chi connectivity index (χ1) is 19.9. The summed E-state index contributed by atoms with van der Waals surface area (Å²) in [5, 5.41) is 20.9. The molecule has 3 aliphatic carbocycles. The normalized spacial score (nSPS) is 28.8. The number of ether oxygens (including phenoxy) is 3. The van der Waals surface area contributed by atoms with E-state index in [9.17, 15) is 5.11 Å². The summed E-state index contributed by atoms with van der Waals surface area (Å²) in [6.07, 6.45) is 15.7. The molecule has 5 aliphatic rings. The SMILES string of the molecule is COC1=C(CCCC2(NC(O)OCC3=CC=CCC3)CC2)CC2NCCC(Oc3ccc4c(c3F)CC(C)N4)[C@@H]2C1. The highest BCUT2D eigenvalue weighted by atomic mass is 19.1. The molecular weight excluding hydrogens is 521 g/mol. The Labute approximate surface area is 243 Å². The molecule has 224 valence electrons. The largest absolute Gasteiger partial charge is 0.501 e. The van der Waals surface area contributed by atoms with E-state index in [4.69, 9.17) is 14.2 Å². The zero-order valence-electron chi connectivity index (χ0n) is 24.5. The number of methoxy groups -OCH3 is 1. The molecule has 2 fully saturated rings. The van der Waals surface area contributed by atoms with E-state index >= 15 is 4.39 Å². The monoisotopic (exact) mass is 567 g/mol. The lowest BCUT2D eigenvalue weighted by atomic mass is 9.76. The van der Waals surface area contributed by atoms with Gasteiger partial charge in [-0.05, 0) is 101 Å². The predicted molar refractivity (Wildman–Crippen MR) is 158 cm³/mol. The molecule has 1 aromatic carbocycles. The van der Waals surface area contributed by atoms with E-state index in [1.54, 1.807) is 13.2 Å². The number of nitrogens with one attached hydrogen (secondary N) is 3. The number of hydrogen-bond acceptors (Lipinski definition) is 7. The molecule has 0 aromatic heterocycles. The Morgan fingerprint density at radius 3 is 2.88 bits per heavy atom. The lowest BCUT2D eigenvalue weighted by Crippen LogP contribution is -2.52. The highest BCUT2D eigenvalue weighted by Crippen LogP contribution is 2.43. The molecule has 6 rings (SSSR count). The van der Waals surface area contributed by atoms with Crippen LogP contribution in [0.25, 0.3) is 0 Å². The number of rotatable bonds is 12. The van der Waals surface area contributed by atoms with Gasteiger partial charge in [-0.1, -0.05) is 18.2 Å². The van der Waals surface area contributed by atoms with Crippen molar-refractivity contribution in [3.05, 3.63) is 58.6 Å². The summed E-state index contributed by atoms with van der Waals surface area (Å²) in [5.41, 5.74) is 4.19. The number of piperidine rings is 1. The molecule has 1 saturated heterocycles. The van der Waals surface area contributed by atoms with Gasteiger partial charge in [-0.15, -0.1) is 0 Å². The molecule has 1 saturated carbocycles. The molecule has 0 radical (unpaired) electrons. The third-order valence-electron chi connectivity index (χ3n) is 9.70. The third-order valence-corrected chi connectivity index (χ3v) is 9.70. The van der Waals surface area contributed by atoms with Gasteiger partial charge in [0.1, 0.15) is 6.10 Å². The first-order valence-corrected chi connectivity index (χ1v) is 15.6. The average Bonchev–Trinajstić information content (AvgIpc) is 3.62. The van der Waals surface area contributed by atoms with Gasteiger partial charge in [0, 0.05) is 41.2 Å². The predicted octanol–water partition coefficient (Wildman–Crippen LogP) is 5.46. The second-order valence-electron chi connectivity index (χ2n) is 12.7. The van der Waals surface area contributed by atoms with Gasteiger partial charge in [0.25, 0.3) is 0 Å². The lowest BCUT2D eigenvalue weighted by Gasteiger charge is -2.43. The van der Waals surface area contributed by atoms with Crippen LogP contribution in [0, 0.1) is 11.7 Å². The summed E-state index contributed by atoms with van der Waals surface area (Å²) in [7, 11) is 1.77. The number of anilines is 1. The van der Waals surface area contributed by atoms with Crippen molar-refractivity contribution in [2.75, 3.05) is 25.6 Å². The summed E-state index contributed by atoms with van der Waals surface area (Å²) in [6.45, 7) is 3.41. The van der Waals surface area contributed by atoms with Crippen molar-refractivity contribution >= 4 is 5.69 Å². The standard InChI is InChI=1S/C33H46FN3O4/c1-21-17-25-26(36-21)10-11-29(31(25)34)41-28-12-16-35-27-18-23(30(39-2)19-24(27)28)9-6-13-33(14-15-33)37-32(38)40-20-22-7-4-3-5-8-22/h3-4,7,10-11,21,24,27-28,32,35-38H,5-6,8-9,12-20H2,1-2H3/t21?,24-,27?,28?,32?/m1/s1. The van der Waals surface area contributed by atoms with Crippen molar-refractivity contribution in [2.45, 2.75) is 108 Å². The van der Waals surface area contributed by atoms with Crippen molar-refractivity contribution in [3.63, 3.8) is 0 Å². The summed E-state index contributed by atoms with van der Waals surface area (Å²) in [6, 6.07) is 4.28. The summed E-state index contributed by atoms with van der Waals surface area (Å²) in [4.78, 5) is 0. The third kappa shape index (κ3) is 6.66. The van der Waals surface area contributed by atoms with Crippen LogP contribution in [0.2, 0.25) is 0 Å². The molecule has 0 spiro atoms. The summed E-state index contributed by atoms with van der Waals surface area (Å²) < 4.78 is 33.4. The molecule has 7 nitrogen and oxygen atoms in total. The minimum Gasteiger partial charge on any atom is -0.501 e. The number of fused-ring (bicyclic) bond motifs is 2. The maximum absolute atomic E-state index is 15.3. The Morgan fingerprint density at radius 1 is 1.22 bits per heavy atom. The Bertz CT molecular complexity index is 1190. The smallest absolute Gasteiger partial charge is 0.214 e. The second-order valence-corrected chi connectivity index (χ2v) is 12.7. The van der Waals surface area contributed by atoms with Crippen molar-refractivity contribution < 1.29 is 23.7 Å². The maximum Gasteiger partial charge on any atom is 0.214 e. The van der Waals surface area contributed by atoms with Crippen molar-refractivity contribution in [1.82, 2.24) is 10.6 Å². The highest BCUT2D eigenvalue weighted by Gasteiger charge is 2.44. The Morgan fingerprint density at radius 2 is 2.10 bits per heavy atom. The molecule has 41 heavy (non-hydrogen) atoms. The van der Waals surface area contributed by atoms with Gasteiger partial charge in [0.2, 0.25) is 6.41 Å². The summed E-state index contributed by atoms with van der Waals surface area (Å²) >= 11 is 0. The Kier molecular flexibility index (Phi) is 8.73. The van der Waals surface area contributed by atoms with Crippen LogP contribution in [0.5, 0.6) is 5.75 Å². The van der Waals surface area contributed by atoms with E-state index in [0.717, 1.165) is 87.8 Å². The van der Waals surface area contributed by atoms with Gasteiger partial charge >= 0.3 is 0 Å². The molecule has 0 bridgehead atoms. The average molecular weight is 568 g/mol. The molecule has 5 atom stereocenters. The second kappa shape index (κ2) is 12.5. The van der Waals surface area contributed by atoms with Crippen LogP contribution < -0.4 is 20.7 Å². The number of halogens is 1. The molecule has 8 heteroatoms. The van der Waals surface area contributed by atoms with Gasteiger partial charge in [-0.3, -0.25) is 5.32 Å². The van der Waals surface area contributed by atoms with E-state index in [-0.39, 0.29) is 29.4 Å². The number of aliphatic hydroxyl groups excluding tert-OH is 1. The van der Waals surface area contributed by atoms with Crippen LogP contribution in [-0.2, 0) is 15.9 Å². The van der Waals surface area contributed by atoms with Gasteiger partial charge in [-0.25, -0.2) is 4.39 Å². The fourth-order valence-electron chi connectivity index (χ4n) is 7.22. The Hall–Kier alpha value is -2.39. The van der Waals surface area contributed by atoms with Crippen molar-refractivity contribution in [2.24, 2.45) is 5.92 Å².